The summed E-state index contributed by atoms with van der Waals surface area (Å²) in [5.41, 5.74) is 1.57. The van der Waals surface area contributed by atoms with Gasteiger partial charge in [0, 0.05) is 24.8 Å². The van der Waals surface area contributed by atoms with Crippen LogP contribution in [0.15, 0.2) is 36.7 Å². The van der Waals surface area contributed by atoms with Crippen molar-refractivity contribution in [2.45, 2.75) is 20.0 Å². The number of hydrogen-bond acceptors (Lipinski definition) is 2. The molecular formula is C12H14FN3. The van der Waals surface area contributed by atoms with Crippen LogP contribution in [-0.4, -0.2) is 9.78 Å². The predicted molar refractivity (Wildman–Crippen MR) is 61.6 cm³/mol. The molecule has 2 aromatic rings. The fraction of sp³-hybridized carbons (Fsp3) is 0.250. The average molecular weight is 219 g/mol. The van der Waals surface area contributed by atoms with E-state index in [9.17, 15) is 4.39 Å². The van der Waals surface area contributed by atoms with Crippen LogP contribution in [0.25, 0.3) is 0 Å². The highest BCUT2D eigenvalue weighted by Crippen LogP contribution is 2.13. The Kier molecular flexibility index (Phi) is 3.19. The SMILES string of the molecule is CCn1cc(CNc2ccccc2F)cn1. The molecule has 0 bridgehead atoms. The van der Waals surface area contributed by atoms with Gasteiger partial charge < -0.3 is 5.32 Å². The molecule has 0 saturated heterocycles. The number of nitrogens with zero attached hydrogens (tertiary/aromatic N) is 2. The molecule has 1 aromatic heterocycles. The lowest BCUT2D eigenvalue weighted by atomic mass is 10.3. The van der Waals surface area contributed by atoms with Gasteiger partial charge in [-0.25, -0.2) is 4.39 Å². The normalized spacial score (nSPS) is 10.4. The molecule has 0 unspecified atom stereocenters. The third-order valence-electron chi connectivity index (χ3n) is 2.37. The second kappa shape index (κ2) is 4.79. The maximum absolute atomic E-state index is 13.3. The van der Waals surface area contributed by atoms with Crippen molar-refractivity contribution in [2.75, 3.05) is 5.32 Å². The van der Waals surface area contributed by atoms with Gasteiger partial charge in [0.1, 0.15) is 5.82 Å². The fourth-order valence-corrected chi connectivity index (χ4v) is 1.47. The standard InChI is InChI=1S/C12H14FN3/c1-2-16-9-10(8-15-16)7-14-12-6-4-3-5-11(12)13/h3-6,8-9,14H,2,7H2,1H3. The first kappa shape index (κ1) is 10.7. The van der Waals surface area contributed by atoms with Crippen molar-refractivity contribution in [1.82, 2.24) is 9.78 Å². The van der Waals surface area contributed by atoms with E-state index in [1.807, 2.05) is 17.8 Å². The lowest BCUT2D eigenvalue weighted by Crippen LogP contribution is -2.00. The van der Waals surface area contributed by atoms with E-state index in [2.05, 4.69) is 10.4 Å². The van der Waals surface area contributed by atoms with E-state index in [0.29, 0.717) is 12.2 Å². The van der Waals surface area contributed by atoms with Gasteiger partial charge in [-0.2, -0.15) is 5.10 Å². The Morgan fingerprint density at radius 2 is 2.19 bits per heavy atom. The summed E-state index contributed by atoms with van der Waals surface area (Å²) in [5.74, 6) is -0.231. The summed E-state index contributed by atoms with van der Waals surface area (Å²) in [4.78, 5) is 0. The summed E-state index contributed by atoms with van der Waals surface area (Å²) >= 11 is 0. The maximum atomic E-state index is 13.3. The molecule has 0 saturated carbocycles. The molecule has 0 atom stereocenters. The number of hydrogen-bond donors (Lipinski definition) is 1. The van der Waals surface area contributed by atoms with Crippen molar-refractivity contribution in [3.8, 4) is 0 Å². The summed E-state index contributed by atoms with van der Waals surface area (Å²) in [6, 6.07) is 6.65. The zero-order chi connectivity index (χ0) is 11.4. The van der Waals surface area contributed by atoms with Gasteiger partial charge >= 0.3 is 0 Å². The van der Waals surface area contributed by atoms with Gasteiger partial charge in [-0.15, -0.1) is 0 Å². The molecule has 4 heteroatoms. The largest absolute Gasteiger partial charge is 0.378 e. The number of halogens is 1. The van der Waals surface area contributed by atoms with Crippen molar-refractivity contribution < 1.29 is 4.39 Å². The van der Waals surface area contributed by atoms with Crippen molar-refractivity contribution >= 4 is 5.69 Å². The van der Waals surface area contributed by atoms with Crippen LogP contribution in [0.1, 0.15) is 12.5 Å². The van der Waals surface area contributed by atoms with Gasteiger partial charge in [0.05, 0.1) is 11.9 Å². The number of para-hydroxylation sites is 1. The van der Waals surface area contributed by atoms with E-state index in [4.69, 9.17) is 0 Å². The van der Waals surface area contributed by atoms with Crippen molar-refractivity contribution in [2.24, 2.45) is 0 Å². The van der Waals surface area contributed by atoms with Crippen LogP contribution >= 0.6 is 0 Å². The molecule has 0 spiro atoms. The minimum atomic E-state index is -0.231. The van der Waals surface area contributed by atoms with Crippen LogP contribution in [0.4, 0.5) is 10.1 Å². The molecule has 0 radical (unpaired) electrons. The molecule has 1 heterocycles. The molecule has 84 valence electrons. The summed E-state index contributed by atoms with van der Waals surface area (Å²) < 4.78 is 15.1. The third kappa shape index (κ3) is 2.39. The van der Waals surface area contributed by atoms with Crippen LogP contribution in [0.3, 0.4) is 0 Å². The number of aromatic nitrogens is 2. The minimum absolute atomic E-state index is 0.231. The first-order valence-corrected chi connectivity index (χ1v) is 5.29. The Hall–Kier alpha value is -1.84. The third-order valence-corrected chi connectivity index (χ3v) is 2.37. The van der Waals surface area contributed by atoms with Crippen molar-refractivity contribution in [3.63, 3.8) is 0 Å². The molecule has 16 heavy (non-hydrogen) atoms. The van der Waals surface area contributed by atoms with E-state index in [1.54, 1.807) is 24.4 Å². The summed E-state index contributed by atoms with van der Waals surface area (Å²) in [5, 5.41) is 7.19. The molecule has 2 rings (SSSR count). The van der Waals surface area contributed by atoms with E-state index in [-0.39, 0.29) is 5.82 Å². The van der Waals surface area contributed by atoms with Crippen LogP contribution in [0, 0.1) is 5.82 Å². The Bertz CT molecular complexity index is 465. The highest BCUT2D eigenvalue weighted by Gasteiger charge is 2.01. The average Bonchev–Trinajstić information content (AvgIpc) is 2.76. The van der Waals surface area contributed by atoms with Crippen molar-refractivity contribution in [3.05, 3.63) is 48.0 Å². The van der Waals surface area contributed by atoms with Gasteiger partial charge in [-0.1, -0.05) is 12.1 Å². The Morgan fingerprint density at radius 1 is 1.38 bits per heavy atom. The summed E-state index contributed by atoms with van der Waals surface area (Å²) in [6.07, 6.45) is 3.74. The molecule has 0 aliphatic rings. The number of anilines is 1. The van der Waals surface area contributed by atoms with Crippen LogP contribution in [0.2, 0.25) is 0 Å². The van der Waals surface area contributed by atoms with Gasteiger partial charge in [-0.05, 0) is 19.1 Å². The quantitative estimate of drug-likeness (QED) is 0.856. The molecule has 0 aliphatic heterocycles. The highest BCUT2D eigenvalue weighted by molar-refractivity contribution is 5.44. The molecular weight excluding hydrogens is 205 g/mol. The second-order valence-electron chi connectivity index (χ2n) is 3.54. The molecule has 0 aliphatic carbocycles. The first-order valence-electron chi connectivity index (χ1n) is 5.29. The number of aryl methyl sites for hydroxylation is 1. The first-order chi connectivity index (χ1) is 7.79. The predicted octanol–water partition coefficient (Wildman–Crippen LogP) is 2.65. The molecule has 1 aromatic carbocycles. The second-order valence-corrected chi connectivity index (χ2v) is 3.54. The minimum Gasteiger partial charge on any atom is -0.378 e. The monoisotopic (exact) mass is 219 g/mol. The van der Waals surface area contributed by atoms with Gasteiger partial charge in [0.15, 0.2) is 0 Å². The zero-order valence-electron chi connectivity index (χ0n) is 9.15. The van der Waals surface area contributed by atoms with E-state index in [1.165, 1.54) is 6.07 Å². The van der Waals surface area contributed by atoms with Crippen molar-refractivity contribution in [1.29, 1.82) is 0 Å². The highest BCUT2D eigenvalue weighted by atomic mass is 19.1. The smallest absolute Gasteiger partial charge is 0.146 e. The van der Waals surface area contributed by atoms with Crippen LogP contribution in [0.5, 0.6) is 0 Å². The molecule has 0 fully saturated rings. The lowest BCUT2D eigenvalue weighted by Gasteiger charge is -2.05. The van der Waals surface area contributed by atoms with E-state index < -0.39 is 0 Å². The van der Waals surface area contributed by atoms with Crippen LogP contribution in [-0.2, 0) is 13.1 Å². The van der Waals surface area contributed by atoms with Gasteiger partial charge in [0.25, 0.3) is 0 Å². The van der Waals surface area contributed by atoms with Gasteiger partial charge in [0.2, 0.25) is 0 Å². The number of benzene rings is 1. The van der Waals surface area contributed by atoms with Gasteiger partial charge in [-0.3, -0.25) is 4.68 Å². The van der Waals surface area contributed by atoms with E-state index >= 15 is 0 Å². The molecule has 1 N–H and O–H groups in total. The Labute approximate surface area is 93.9 Å². The number of rotatable bonds is 4. The zero-order valence-corrected chi connectivity index (χ0v) is 9.15. The Morgan fingerprint density at radius 3 is 2.88 bits per heavy atom. The summed E-state index contributed by atoms with van der Waals surface area (Å²) in [7, 11) is 0. The molecule has 3 nitrogen and oxygen atoms in total. The molecule has 0 amide bonds. The topological polar surface area (TPSA) is 29.9 Å². The lowest BCUT2D eigenvalue weighted by molar-refractivity contribution is 0.630. The summed E-state index contributed by atoms with van der Waals surface area (Å²) in [6.45, 7) is 3.46. The van der Waals surface area contributed by atoms with E-state index in [0.717, 1.165) is 12.1 Å². The number of nitrogens with one attached hydrogen (secondary N) is 1. The van der Waals surface area contributed by atoms with Crippen LogP contribution < -0.4 is 5.32 Å². The maximum Gasteiger partial charge on any atom is 0.146 e. The fourth-order valence-electron chi connectivity index (χ4n) is 1.47. The Balaban J connectivity index is 1.99.